The van der Waals surface area contributed by atoms with E-state index in [0.717, 1.165) is 0 Å². The van der Waals surface area contributed by atoms with Gasteiger partial charge >= 0.3 is 21.2 Å². The van der Waals surface area contributed by atoms with E-state index in [2.05, 4.69) is 0 Å². The molecule has 0 unspecified atom stereocenters. The Kier molecular flexibility index (Phi) is 5.65. The lowest BCUT2D eigenvalue weighted by molar-refractivity contribution is -0.143. The fraction of sp³-hybridized carbons (Fsp3) is 0.500. The molecule has 0 heterocycles. The van der Waals surface area contributed by atoms with E-state index in [4.69, 9.17) is 14.4 Å². The molecule has 0 bridgehead atoms. The van der Waals surface area contributed by atoms with Gasteiger partial charge < -0.3 is 14.4 Å². The molecule has 1 rings (SSSR count). The van der Waals surface area contributed by atoms with Crippen molar-refractivity contribution >= 4 is 8.80 Å². The van der Waals surface area contributed by atoms with Crippen LogP contribution in [0.2, 0.25) is 6.04 Å². The van der Waals surface area contributed by atoms with Crippen LogP contribution in [0.25, 0.3) is 0 Å². The third-order valence-corrected chi connectivity index (χ3v) is 3.90. The first-order valence-corrected chi connectivity index (χ1v) is 8.29. The minimum Gasteiger partial charge on any atom is -0.390 e. The molecule has 0 amide bonds. The lowest BCUT2D eigenvalue weighted by Gasteiger charge is -2.14. The molecule has 0 atom stereocenters. The van der Waals surface area contributed by atoms with Crippen LogP contribution >= 0.6 is 0 Å². The molecule has 0 aliphatic rings. The molecule has 0 aliphatic heterocycles. The minimum atomic E-state index is -4.89. The Morgan fingerprint density at radius 2 is 1.23 bits per heavy atom. The number of unbranched alkanes of at least 4 members (excludes halogenated alkanes) is 1. The van der Waals surface area contributed by atoms with Crippen molar-refractivity contribution in [2.75, 3.05) is 0 Å². The molecular formula is C12H14F6O3Si. The first kappa shape index (κ1) is 18.9. The first-order chi connectivity index (χ1) is 9.79. The van der Waals surface area contributed by atoms with Crippen LogP contribution in [0.3, 0.4) is 0 Å². The number of rotatable bonds is 5. The summed E-state index contributed by atoms with van der Waals surface area (Å²) in [5.74, 6) is 0. The number of halogens is 6. The molecule has 22 heavy (non-hydrogen) atoms. The fourth-order valence-corrected chi connectivity index (χ4v) is 2.58. The number of aryl methyl sites for hydroxylation is 1. The van der Waals surface area contributed by atoms with Gasteiger partial charge in [0.25, 0.3) is 0 Å². The highest BCUT2D eigenvalue weighted by molar-refractivity contribution is 6.56. The Morgan fingerprint density at radius 3 is 1.59 bits per heavy atom. The molecule has 126 valence electrons. The van der Waals surface area contributed by atoms with Gasteiger partial charge in [0.2, 0.25) is 0 Å². The molecule has 1 aromatic rings. The van der Waals surface area contributed by atoms with Gasteiger partial charge in [-0.3, -0.25) is 0 Å². The maximum absolute atomic E-state index is 12.6. The lowest BCUT2D eigenvalue weighted by atomic mass is 10.0. The molecule has 1 aromatic carbocycles. The Labute approximate surface area is 123 Å². The van der Waals surface area contributed by atoms with Crippen LogP contribution in [0.5, 0.6) is 0 Å². The average Bonchev–Trinajstić information content (AvgIpc) is 2.31. The monoisotopic (exact) mass is 348 g/mol. The fourth-order valence-electron chi connectivity index (χ4n) is 1.85. The van der Waals surface area contributed by atoms with Gasteiger partial charge in [-0.1, -0.05) is 0 Å². The second-order valence-electron chi connectivity index (χ2n) is 4.90. The van der Waals surface area contributed by atoms with Crippen molar-refractivity contribution in [2.24, 2.45) is 0 Å². The van der Waals surface area contributed by atoms with Crippen LogP contribution < -0.4 is 0 Å². The molecule has 0 saturated heterocycles. The van der Waals surface area contributed by atoms with Crippen LogP contribution in [-0.2, 0) is 18.8 Å². The van der Waals surface area contributed by atoms with Crippen LogP contribution in [0.4, 0.5) is 26.3 Å². The SMILES string of the molecule is O[Si](O)(O)CCCCc1cc(C(F)(F)F)cc(C(F)(F)F)c1. The highest BCUT2D eigenvalue weighted by atomic mass is 28.4. The standard InChI is InChI=1S/C12H14F6O3Si/c13-11(14,15)9-5-8(3-1-2-4-22(19,20)21)6-10(7-9)12(16,17)18/h5-7,19-21H,1-4H2. The number of benzene rings is 1. The van der Waals surface area contributed by atoms with Crippen molar-refractivity contribution in [1.29, 1.82) is 0 Å². The summed E-state index contributed by atoms with van der Waals surface area (Å²) in [5.41, 5.74) is -2.91. The molecule has 0 aromatic heterocycles. The van der Waals surface area contributed by atoms with E-state index in [1.165, 1.54) is 0 Å². The van der Waals surface area contributed by atoms with Crippen molar-refractivity contribution in [3.8, 4) is 0 Å². The quantitative estimate of drug-likeness (QED) is 0.436. The van der Waals surface area contributed by atoms with E-state index in [-0.39, 0.29) is 36.9 Å². The summed E-state index contributed by atoms with van der Waals surface area (Å²) in [6.45, 7) is 0. The number of alkyl halides is 6. The van der Waals surface area contributed by atoms with Crippen molar-refractivity contribution in [1.82, 2.24) is 0 Å². The van der Waals surface area contributed by atoms with E-state index >= 15 is 0 Å². The summed E-state index contributed by atoms with van der Waals surface area (Å²) in [7, 11) is -4.24. The predicted molar refractivity (Wildman–Crippen MR) is 66.6 cm³/mol. The second kappa shape index (κ2) is 6.57. The van der Waals surface area contributed by atoms with Crippen LogP contribution in [0.15, 0.2) is 18.2 Å². The van der Waals surface area contributed by atoms with Crippen molar-refractivity contribution in [3.05, 3.63) is 34.9 Å². The molecule has 0 spiro atoms. The third-order valence-electron chi connectivity index (χ3n) is 2.88. The summed E-state index contributed by atoms with van der Waals surface area (Å²) in [4.78, 5) is 26.3. The van der Waals surface area contributed by atoms with Crippen molar-refractivity contribution < 1.29 is 40.7 Å². The molecular weight excluding hydrogens is 334 g/mol. The summed E-state index contributed by atoms with van der Waals surface area (Å²) in [6, 6.07) is 1.00. The van der Waals surface area contributed by atoms with E-state index in [0.29, 0.717) is 12.1 Å². The smallest absolute Gasteiger partial charge is 0.390 e. The maximum Gasteiger partial charge on any atom is 0.492 e. The molecule has 0 fully saturated rings. The maximum atomic E-state index is 12.6. The number of hydrogen-bond acceptors (Lipinski definition) is 3. The molecule has 0 aliphatic carbocycles. The van der Waals surface area contributed by atoms with Crippen molar-refractivity contribution in [3.63, 3.8) is 0 Å². The second-order valence-corrected chi connectivity index (χ2v) is 6.94. The predicted octanol–water partition coefficient (Wildman–Crippen LogP) is 2.96. The average molecular weight is 348 g/mol. The van der Waals surface area contributed by atoms with Gasteiger partial charge in [-0.2, -0.15) is 26.3 Å². The summed E-state index contributed by atoms with van der Waals surface area (Å²) in [6.07, 6.45) is -9.68. The molecule has 10 heteroatoms. The Bertz CT molecular complexity index is 475. The lowest BCUT2D eigenvalue weighted by Crippen LogP contribution is -2.34. The normalized spacial score (nSPS) is 13.5. The van der Waals surface area contributed by atoms with Crippen LogP contribution in [-0.4, -0.2) is 23.2 Å². The zero-order valence-corrected chi connectivity index (χ0v) is 12.2. The highest BCUT2D eigenvalue weighted by Crippen LogP contribution is 2.36. The first-order valence-electron chi connectivity index (χ1n) is 6.24. The number of hydrogen-bond donors (Lipinski definition) is 3. The zero-order chi connectivity index (χ0) is 17.2. The minimum absolute atomic E-state index is 0.0522. The van der Waals surface area contributed by atoms with E-state index in [9.17, 15) is 26.3 Å². The van der Waals surface area contributed by atoms with Gasteiger partial charge in [-0.25, -0.2) is 0 Å². The topological polar surface area (TPSA) is 60.7 Å². The van der Waals surface area contributed by atoms with Gasteiger partial charge in [0.15, 0.2) is 0 Å². The van der Waals surface area contributed by atoms with Crippen molar-refractivity contribution in [2.45, 2.75) is 37.7 Å². The summed E-state index contributed by atoms with van der Waals surface area (Å²) >= 11 is 0. The Hall–Kier alpha value is -1.10. The third kappa shape index (κ3) is 6.34. The largest absolute Gasteiger partial charge is 0.492 e. The molecule has 0 radical (unpaired) electrons. The summed E-state index contributed by atoms with van der Waals surface area (Å²) < 4.78 is 75.7. The van der Waals surface area contributed by atoms with E-state index in [1.807, 2.05) is 0 Å². The van der Waals surface area contributed by atoms with Gasteiger partial charge in [0, 0.05) is 6.04 Å². The van der Waals surface area contributed by atoms with E-state index < -0.39 is 32.3 Å². The summed E-state index contributed by atoms with van der Waals surface area (Å²) in [5, 5.41) is 0. The van der Waals surface area contributed by atoms with Gasteiger partial charge in [-0.05, 0) is 43.0 Å². The highest BCUT2D eigenvalue weighted by Gasteiger charge is 2.36. The Morgan fingerprint density at radius 1 is 0.773 bits per heavy atom. The molecule has 3 nitrogen and oxygen atoms in total. The van der Waals surface area contributed by atoms with Crippen LogP contribution in [0, 0.1) is 0 Å². The van der Waals surface area contributed by atoms with Gasteiger partial charge in [0.1, 0.15) is 0 Å². The zero-order valence-electron chi connectivity index (χ0n) is 11.2. The molecule has 0 saturated carbocycles. The van der Waals surface area contributed by atoms with Gasteiger partial charge in [-0.15, -0.1) is 0 Å². The van der Waals surface area contributed by atoms with Gasteiger partial charge in [0.05, 0.1) is 11.1 Å². The van der Waals surface area contributed by atoms with Crippen LogP contribution in [0.1, 0.15) is 29.5 Å². The molecule has 3 N–H and O–H groups in total. The Balaban J connectivity index is 2.90. The van der Waals surface area contributed by atoms with E-state index in [1.54, 1.807) is 0 Å².